The van der Waals surface area contributed by atoms with Gasteiger partial charge in [0.15, 0.2) is 5.76 Å². The van der Waals surface area contributed by atoms with E-state index in [2.05, 4.69) is 4.98 Å². The number of carbonyl (C=O) groups is 2. The van der Waals surface area contributed by atoms with Crippen LogP contribution in [0.25, 0.3) is 17.0 Å². The Morgan fingerprint density at radius 3 is 2.70 bits per heavy atom. The van der Waals surface area contributed by atoms with Crippen molar-refractivity contribution in [2.24, 2.45) is 0 Å². The average Bonchev–Trinajstić information content (AvgIpc) is 3.29. The number of halogens is 1. The molecular formula is C23H12ClNO5. The van der Waals surface area contributed by atoms with Crippen molar-refractivity contribution in [3.63, 3.8) is 0 Å². The molecule has 2 aromatic heterocycles. The first-order valence-electron chi connectivity index (χ1n) is 8.96. The van der Waals surface area contributed by atoms with Crippen LogP contribution < -0.4 is 9.47 Å². The Balaban J connectivity index is 1.38. The quantitative estimate of drug-likeness (QED) is 0.255. The van der Waals surface area contributed by atoms with E-state index in [0.29, 0.717) is 27.3 Å². The molecule has 0 unspecified atom stereocenters. The normalized spacial score (nSPS) is 14.0. The molecule has 1 aliphatic heterocycles. The molecule has 0 radical (unpaired) electrons. The van der Waals surface area contributed by atoms with E-state index in [-0.39, 0.29) is 23.1 Å². The van der Waals surface area contributed by atoms with Crippen LogP contribution in [0.5, 0.6) is 11.5 Å². The molecule has 1 aliphatic rings. The van der Waals surface area contributed by atoms with Crippen molar-refractivity contribution in [1.29, 1.82) is 0 Å². The van der Waals surface area contributed by atoms with Gasteiger partial charge in [-0.1, -0.05) is 11.6 Å². The Morgan fingerprint density at radius 1 is 1.03 bits per heavy atom. The van der Waals surface area contributed by atoms with E-state index in [1.807, 2.05) is 0 Å². The van der Waals surface area contributed by atoms with Gasteiger partial charge in [-0.3, -0.25) is 9.78 Å². The minimum Gasteiger partial charge on any atom is -0.452 e. The van der Waals surface area contributed by atoms with Gasteiger partial charge in [0.05, 0.1) is 5.56 Å². The second kappa shape index (κ2) is 7.17. The van der Waals surface area contributed by atoms with Crippen molar-refractivity contribution < 1.29 is 23.5 Å². The van der Waals surface area contributed by atoms with Crippen molar-refractivity contribution in [3.05, 3.63) is 94.7 Å². The smallest absolute Gasteiger partial charge is 0.379 e. The summed E-state index contributed by atoms with van der Waals surface area (Å²) in [6.07, 6.45) is 4.89. The fraction of sp³-hybridized carbons (Fsp3) is 0. The topological polar surface area (TPSA) is 78.6 Å². The molecule has 3 heterocycles. The summed E-state index contributed by atoms with van der Waals surface area (Å²) in [5.41, 5.74) is 1.71. The van der Waals surface area contributed by atoms with Crippen LogP contribution in [-0.4, -0.2) is 16.7 Å². The van der Waals surface area contributed by atoms with Crippen molar-refractivity contribution in [1.82, 2.24) is 4.98 Å². The summed E-state index contributed by atoms with van der Waals surface area (Å²) in [5.74, 6) is -0.123. The van der Waals surface area contributed by atoms with Crippen LogP contribution in [0.4, 0.5) is 0 Å². The minimum atomic E-state index is -0.667. The molecule has 30 heavy (non-hydrogen) atoms. The van der Waals surface area contributed by atoms with Gasteiger partial charge < -0.3 is 13.9 Å². The summed E-state index contributed by atoms with van der Waals surface area (Å²) in [7, 11) is 0. The number of fused-ring (bicyclic) bond motifs is 2. The second-order valence-corrected chi connectivity index (χ2v) is 7.00. The lowest BCUT2D eigenvalue weighted by Gasteiger charge is -2.04. The van der Waals surface area contributed by atoms with Crippen molar-refractivity contribution in [2.75, 3.05) is 0 Å². The van der Waals surface area contributed by atoms with E-state index in [1.165, 1.54) is 12.1 Å². The standard InChI is InChI=1S/C23H12ClNO5/c24-15-1-4-18-14(10-15)11-21(29-18)23(27)28-16-2-3-17-19(12-16)30-20(22(17)26)9-13-5-7-25-8-6-13/h1-12H/b20-9-. The summed E-state index contributed by atoms with van der Waals surface area (Å²) in [5, 5.41) is 1.24. The summed E-state index contributed by atoms with van der Waals surface area (Å²) < 4.78 is 16.6. The number of allylic oxidation sites excluding steroid dienone is 1. The molecule has 6 nitrogen and oxygen atoms in total. The molecule has 0 N–H and O–H groups in total. The molecule has 0 saturated heterocycles. The number of nitrogens with zero attached hydrogens (tertiary/aromatic N) is 1. The number of furan rings is 1. The van der Waals surface area contributed by atoms with Crippen LogP contribution in [0.3, 0.4) is 0 Å². The Bertz CT molecular complexity index is 1340. The highest BCUT2D eigenvalue weighted by Gasteiger charge is 2.28. The molecule has 0 spiro atoms. The third-order valence-corrected chi connectivity index (χ3v) is 4.77. The summed E-state index contributed by atoms with van der Waals surface area (Å²) >= 11 is 5.96. The summed E-state index contributed by atoms with van der Waals surface area (Å²) in [4.78, 5) is 28.9. The van der Waals surface area contributed by atoms with Gasteiger partial charge in [-0.25, -0.2) is 4.79 Å². The largest absolute Gasteiger partial charge is 0.452 e. The Labute approximate surface area is 175 Å². The Hall–Kier alpha value is -3.90. The maximum Gasteiger partial charge on any atom is 0.379 e. The van der Waals surface area contributed by atoms with Gasteiger partial charge in [-0.15, -0.1) is 0 Å². The molecule has 5 rings (SSSR count). The van der Waals surface area contributed by atoms with Gasteiger partial charge in [0.25, 0.3) is 0 Å². The van der Waals surface area contributed by atoms with Crippen LogP contribution in [0.2, 0.25) is 5.02 Å². The number of ether oxygens (including phenoxy) is 2. The number of hydrogen-bond donors (Lipinski definition) is 0. The molecule has 0 aliphatic carbocycles. The van der Waals surface area contributed by atoms with E-state index in [4.69, 9.17) is 25.5 Å². The van der Waals surface area contributed by atoms with Crippen LogP contribution in [0.1, 0.15) is 26.5 Å². The fourth-order valence-corrected chi connectivity index (χ4v) is 3.29. The predicted molar refractivity (Wildman–Crippen MR) is 110 cm³/mol. The van der Waals surface area contributed by atoms with Crippen LogP contribution in [-0.2, 0) is 0 Å². The van der Waals surface area contributed by atoms with E-state index < -0.39 is 5.97 Å². The Kier molecular flexibility index (Phi) is 4.34. The first kappa shape index (κ1) is 18.1. The molecule has 146 valence electrons. The van der Waals surface area contributed by atoms with Crippen molar-refractivity contribution in [2.45, 2.75) is 0 Å². The average molecular weight is 418 g/mol. The number of Topliss-reactive ketones (excluding diaryl/α,β-unsaturated/α-hetero) is 1. The number of pyridine rings is 1. The van der Waals surface area contributed by atoms with E-state index in [0.717, 1.165) is 5.56 Å². The van der Waals surface area contributed by atoms with Crippen molar-refractivity contribution in [3.8, 4) is 11.5 Å². The van der Waals surface area contributed by atoms with Crippen molar-refractivity contribution >= 4 is 40.4 Å². The van der Waals surface area contributed by atoms with Crippen LogP contribution >= 0.6 is 11.6 Å². The summed E-state index contributed by atoms with van der Waals surface area (Å²) in [6.45, 7) is 0. The molecule has 7 heteroatoms. The molecule has 4 aromatic rings. The van der Waals surface area contributed by atoms with E-state index in [1.54, 1.807) is 60.9 Å². The maximum atomic E-state index is 12.5. The fourth-order valence-electron chi connectivity index (χ4n) is 3.11. The molecular weight excluding hydrogens is 406 g/mol. The number of rotatable bonds is 3. The first-order chi connectivity index (χ1) is 14.6. The zero-order chi connectivity index (χ0) is 20.7. The lowest BCUT2D eigenvalue weighted by Crippen LogP contribution is -2.07. The van der Waals surface area contributed by atoms with Crippen LogP contribution in [0, 0.1) is 0 Å². The zero-order valence-corrected chi connectivity index (χ0v) is 16.1. The zero-order valence-electron chi connectivity index (χ0n) is 15.3. The highest BCUT2D eigenvalue weighted by molar-refractivity contribution is 6.31. The minimum absolute atomic E-state index is 0.0445. The number of ketones is 1. The first-order valence-corrected chi connectivity index (χ1v) is 9.34. The number of hydrogen-bond acceptors (Lipinski definition) is 6. The third-order valence-electron chi connectivity index (χ3n) is 4.54. The maximum absolute atomic E-state index is 12.5. The van der Waals surface area contributed by atoms with Gasteiger partial charge in [0.1, 0.15) is 17.1 Å². The Morgan fingerprint density at radius 2 is 1.87 bits per heavy atom. The molecule has 0 fully saturated rings. The van der Waals surface area contributed by atoms with Gasteiger partial charge in [0.2, 0.25) is 11.5 Å². The number of aromatic nitrogens is 1. The number of esters is 1. The van der Waals surface area contributed by atoms with Gasteiger partial charge in [-0.05, 0) is 60.2 Å². The van der Waals surface area contributed by atoms with E-state index in [9.17, 15) is 9.59 Å². The lowest BCUT2D eigenvalue weighted by atomic mass is 10.1. The highest BCUT2D eigenvalue weighted by atomic mass is 35.5. The molecule has 0 saturated carbocycles. The lowest BCUT2D eigenvalue weighted by molar-refractivity contribution is 0.0703. The molecule has 0 atom stereocenters. The molecule has 2 aromatic carbocycles. The highest BCUT2D eigenvalue weighted by Crippen LogP contribution is 2.35. The second-order valence-electron chi connectivity index (χ2n) is 6.56. The van der Waals surface area contributed by atoms with Gasteiger partial charge >= 0.3 is 5.97 Å². The SMILES string of the molecule is O=C(Oc1ccc2c(c1)O/C(=C\c1ccncc1)C2=O)c1cc2cc(Cl)ccc2o1. The molecule has 0 amide bonds. The van der Waals surface area contributed by atoms with E-state index >= 15 is 0 Å². The molecule has 0 bridgehead atoms. The van der Waals surface area contributed by atoms with Crippen LogP contribution in [0.15, 0.2) is 77.2 Å². The number of carbonyl (C=O) groups excluding carboxylic acids is 2. The van der Waals surface area contributed by atoms with Gasteiger partial charge in [-0.2, -0.15) is 0 Å². The number of benzene rings is 2. The van der Waals surface area contributed by atoms with Gasteiger partial charge in [0, 0.05) is 28.9 Å². The monoisotopic (exact) mass is 417 g/mol. The third kappa shape index (κ3) is 3.33. The predicted octanol–water partition coefficient (Wildman–Crippen LogP) is 5.32. The summed E-state index contributed by atoms with van der Waals surface area (Å²) in [6, 6.07) is 14.7.